The van der Waals surface area contributed by atoms with Gasteiger partial charge in [-0.2, -0.15) is 0 Å². The van der Waals surface area contributed by atoms with E-state index in [0.29, 0.717) is 8.95 Å². The van der Waals surface area contributed by atoms with E-state index < -0.39 is 10.0 Å². The Kier molecular flexibility index (Phi) is 5.03. The number of nitrogens with one attached hydrogen (secondary N) is 1. The van der Waals surface area contributed by atoms with Gasteiger partial charge in [-0.25, -0.2) is 13.4 Å². The van der Waals surface area contributed by atoms with Gasteiger partial charge in [0, 0.05) is 17.2 Å². The van der Waals surface area contributed by atoms with E-state index in [1.165, 1.54) is 6.20 Å². The number of aromatic nitrogens is 1. The number of sulfonamides is 1. The van der Waals surface area contributed by atoms with Gasteiger partial charge in [-0.1, -0.05) is 6.07 Å². The topological polar surface area (TPSA) is 85.1 Å². The fourth-order valence-electron chi connectivity index (χ4n) is 1.77. The molecule has 0 aliphatic rings. The van der Waals surface area contributed by atoms with Gasteiger partial charge in [0.25, 0.3) is 10.0 Å². The molecule has 0 saturated carbocycles. The lowest BCUT2D eigenvalue weighted by Crippen LogP contribution is -2.16. The minimum atomic E-state index is -3.77. The molecule has 0 bridgehead atoms. The van der Waals surface area contributed by atoms with Gasteiger partial charge >= 0.3 is 0 Å². The molecule has 1 aromatic heterocycles. The maximum atomic E-state index is 12.6. The van der Waals surface area contributed by atoms with Crippen LogP contribution in [0.2, 0.25) is 0 Å². The maximum Gasteiger partial charge on any atom is 0.264 e. The summed E-state index contributed by atoms with van der Waals surface area (Å²) in [5, 5.41) is 0. The van der Waals surface area contributed by atoms with Crippen LogP contribution in [0.4, 0.5) is 5.82 Å². The van der Waals surface area contributed by atoms with E-state index in [0.717, 1.165) is 11.1 Å². The molecular formula is C13H13Br2N3O2S. The Balaban J connectivity index is 2.50. The molecule has 2 aromatic rings. The van der Waals surface area contributed by atoms with Crippen molar-refractivity contribution in [1.29, 1.82) is 0 Å². The molecule has 0 aliphatic carbocycles. The molecular weight excluding hydrogens is 422 g/mol. The first-order valence-electron chi connectivity index (χ1n) is 5.97. The summed E-state index contributed by atoms with van der Waals surface area (Å²) >= 11 is 6.58. The van der Waals surface area contributed by atoms with Crippen LogP contribution in [0, 0.1) is 6.92 Å². The normalized spacial score (nSPS) is 11.4. The highest BCUT2D eigenvalue weighted by Gasteiger charge is 2.21. The van der Waals surface area contributed by atoms with Crippen molar-refractivity contribution in [2.75, 3.05) is 4.72 Å². The number of halogens is 2. The summed E-state index contributed by atoms with van der Waals surface area (Å²) in [4.78, 5) is 4.15. The molecule has 0 amide bonds. The third kappa shape index (κ3) is 3.63. The number of pyridine rings is 1. The highest BCUT2D eigenvalue weighted by atomic mass is 79.9. The Morgan fingerprint density at radius 3 is 2.67 bits per heavy atom. The fraction of sp³-hybridized carbons (Fsp3) is 0.154. The zero-order valence-electron chi connectivity index (χ0n) is 11.1. The molecule has 0 fully saturated rings. The summed E-state index contributed by atoms with van der Waals surface area (Å²) in [6, 6.07) is 6.81. The summed E-state index contributed by atoms with van der Waals surface area (Å²) < 4.78 is 28.6. The van der Waals surface area contributed by atoms with Crippen LogP contribution in [0.5, 0.6) is 0 Å². The van der Waals surface area contributed by atoms with E-state index in [1.807, 2.05) is 13.0 Å². The van der Waals surface area contributed by atoms with Gasteiger partial charge in [-0.3, -0.25) is 4.72 Å². The number of nitrogens with zero attached hydrogens (tertiary/aromatic N) is 1. The number of aryl methyl sites for hydroxylation is 1. The van der Waals surface area contributed by atoms with Crippen molar-refractivity contribution in [2.24, 2.45) is 5.73 Å². The van der Waals surface area contributed by atoms with Crippen molar-refractivity contribution in [3.8, 4) is 0 Å². The van der Waals surface area contributed by atoms with Crippen LogP contribution in [0.25, 0.3) is 0 Å². The number of anilines is 1. The van der Waals surface area contributed by atoms with Gasteiger partial charge in [0.15, 0.2) is 5.82 Å². The Labute approximate surface area is 140 Å². The van der Waals surface area contributed by atoms with E-state index in [4.69, 9.17) is 5.73 Å². The van der Waals surface area contributed by atoms with Crippen molar-refractivity contribution in [2.45, 2.75) is 18.4 Å². The smallest absolute Gasteiger partial charge is 0.264 e. The molecule has 0 unspecified atom stereocenters. The van der Waals surface area contributed by atoms with Crippen molar-refractivity contribution in [3.05, 3.63) is 50.5 Å². The van der Waals surface area contributed by atoms with Crippen LogP contribution >= 0.6 is 31.9 Å². The van der Waals surface area contributed by atoms with E-state index >= 15 is 0 Å². The third-order valence-corrected chi connectivity index (χ3v) is 6.11. The highest BCUT2D eigenvalue weighted by Crippen LogP contribution is 2.29. The van der Waals surface area contributed by atoms with Crippen LogP contribution in [0.15, 0.2) is 44.3 Å². The predicted octanol–water partition coefficient (Wildman–Crippen LogP) is 3.17. The van der Waals surface area contributed by atoms with Crippen LogP contribution in [0.3, 0.4) is 0 Å². The number of rotatable bonds is 4. The van der Waals surface area contributed by atoms with Gasteiger partial charge in [-0.15, -0.1) is 0 Å². The number of benzene rings is 1. The molecule has 3 N–H and O–H groups in total. The second-order valence-corrected chi connectivity index (χ2v) is 7.67. The molecule has 0 spiro atoms. The molecule has 112 valence electrons. The molecule has 1 aromatic carbocycles. The molecule has 21 heavy (non-hydrogen) atoms. The minimum absolute atomic E-state index is 0.139. The van der Waals surface area contributed by atoms with Crippen LogP contribution < -0.4 is 10.5 Å². The van der Waals surface area contributed by atoms with E-state index in [9.17, 15) is 8.42 Å². The van der Waals surface area contributed by atoms with Gasteiger partial charge in [0.2, 0.25) is 0 Å². The van der Waals surface area contributed by atoms with Gasteiger partial charge in [0.05, 0.1) is 4.47 Å². The molecule has 0 saturated heterocycles. The first-order valence-corrected chi connectivity index (χ1v) is 9.04. The van der Waals surface area contributed by atoms with Crippen LogP contribution in [-0.2, 0) is 16.6 Å². The lowest BCUT2D eigenvalue weighted by Gasteiger charge is -2.13. The van der Waals surface area contributed by atoms with Crippen LogP contribution in [-0.4, -0.2) is 13.4 Å². The second-order valence-electron chi connectivity index (χ2n) is 4.37. The van der Waals surface area contributed by atoms with Gasteiger partial charge in [-0.05, 0) is 68.1 Å². The van der Waals surface area contributed by atoms with Crippen LogP contribution in [0.1, 0.15) is 11.1 Å². The zero-order valence-corrected chi connectivity index (χ0v) is 15.1. The molecule has 5 nitrogen and oxygen atoms in total. The maximum absolute atomic E-state index is 12.6. The molecule has 0 aliphatic heterocycles. The quantitative estimate of drug-likeness (QED) is 0.773. The van der Waals surface area contributed by atoms with E-state index in [2.05, 4.69) is 41.6 Å². The summed E-state index contributed by atoms with van der Waals surface area (Å²) in [5.41, 5.74) is 7.16. The minimum Gasteiger partial charge on any atom is -0.326 e. The Hall–Kier alpha value is -0.960. The number of hydrogen-bond donors (Lipinski definition) is 2. The Morgan fingerprint density at radius 2 is 2.05 bits per heavy atom. The van der Waals surface area contributed by atoms with E-state index in [1.54, 1.807) is 18.2 Å². The number of nitrogens with two attached hydrogens (primary N) is 1. The largest absolute Gasteiger partial charge is 0.326 e. The lowest BCUT2D eigenvalue weighted by atomic mass is 10.1. The molecule has 1 heterocycles. The Bertz CT molecular complexity index is 779. The third-order valence-electron chi connectivity index (χ3n) is 2.80. The van der Waals surface area contributed by atoms with Crippen molar-refractivity contribution >= 4 is 47.7 Å². The average molecular weight is 435 g/mol. The summed E-state index contributed by atoms with van der Waals surface area (Å²) in [7, 11) is -3.77. The monoisotopic (exact) mass is 433 g/mol. The van der Waals surface area contributed by atoms with Gasteiger partial charge in [0.1, 0.15) is 4.90 Å². The highest BCUT2D eigenvalue weighted by molar-refractivity contribution is 9.11. The molecule has 8 heteroatoms. The summed E-state index contributed by atoms with van der Waals surface area (Å²) in [6.45, 7) is 2.09. The first-order chi connectivity index (χ1) is 9.85. The van der Waals surface area contributed by atoms with E-state index in [-0.39, 0.29) is 17.3 Å². The SMILES string of the molecule is Cc1cc(CN)cc(S(=O)(=O)Nc2ncccc2Br)c1Br. The lowest BCUT2D eigenvalue weighted by molar-refractivity contribution is 0.600. The fourth-order valence-corrected chi connectivity index (χ4v) is 4.35. The molecule has 0 atom stereocenters. The summed E-state index contributed by atoms with van der Waals surface area (Å²) in [5.74, 6) is 0.236. The first kappa shape index (κ1) is 16.4. The standard InChI is InChI=1S/C13H13Br2N3O2S/c1-8-5-9(7-16)6-11(12(8)15)21(19,20)18-13-10(14)3-2-4-17-13/h2-6H,7,16H2,1H3,(H,17,18). The number of hydrogen-bond acceptors (Lipinski definition) is 4. The second kappa shape index (κ2) is 6.43. The Morgan fingerprint density at radius 1 is 1.33 bits per heavy atom. The molecule has 0 radical (unpaired) electrons. The van der Waals surface area contributed by atoms with Crippen molar-refractivity contribution in [1.82, 2.24) is 4.98 Å². The predicted molar refractivity (Wildman–Crippen MR) is 89.5 cm³/mol. The zero-order chi connectivity index (χ0) is 15.6. The molecule has 2 rings (SSSR count). The van der Waals surface area contributed by atoms with Crippen molar-refractivity contribution in [3.63, 3.8) is 0 Å². The average Bonchev–Trinajstić information content (AvgIpc) is 2.43. The van der Waals surface area contributed by atoms with Crippen molar-refractivity contribution < 1.29 is 8.42 Å². The summed E-state index contributed by atoms with van der Waals surface area (Å²) in [6.07, 6.45) is 1.51. The van der Waals surface area contributed by atoms with Gasteiger partial charge < -0.3 is 5.73 Å².